The van der Waals surface area contributed by atoms with E-state index in [1.807, 2.05) is 77.5 Å². The maximum Gasteiger partial charge on any atom is 0.267 e. The molecule has 0 radical (unpaired) electrons. The van der Waals surface area contributed by atoms with E-state index in [1.165, 1.54) is 0 Å². The third-order valence-corrected chi connectivity index (χ3v) is 4.23. The highest BCUT2D eigenvalue weighted by Crippen LogP contribution is 2.08. The molecule has 2 amide bonds. The first-order chi connectivity index (χ1) is 13.2. The van der Waals surface area contributed by atoms with Crippen LogP contribution in [-0.4, -0.2) is 22.9 Å². The quantitative estimate of drug-likeness (QED) is 0.648. The molecule has 1 aromatic heterocycles. The van der Waals surface area contributed by atoms with E-state index in [0.717, 1.165) is 11.1 Å². The lowest BCUT2D eigenvalue weighted by atomic mass is 10.2. The normalized spacial score (nSPS) is 10.4. The largest absolute Gasteiger partial charge is 0.352 e. The van der Waals surface area contributed by atoms with Gasteiger partial charge in [0.25, 0.3) is 5.91 Å². The third-order valence-electron chi connectivity index (χ3n) is 4.23. The third kappa shape index (κ3) is 5.57. The second-order valence-corrected chi connectivity index (χ2v) is 6.28. The second kappa shape index (κ2) is 9.38. The van der Waals surface area contributed by atoms with Crippen molar-refractivity contribution < 1.29 is 9.59 Å². The fraction of sp³-hybridized carbons (Fsp3) is 0.182. The van der Waals surface area contributed by atoms with Crippen LogP contribution in [0.2, 0.25) is 0 Å². The van der Waals surface area contributed by atoms with Gasteiger partial charge < -0.3 is 15.2 Å². The Morgan fingerprint density at radius 2 is 1.44 bits per heavy atom. The molecule has 1 heterocycles. The topological polar surface area (TPSA) is 63.1 Å². The molecule has 0 saturated heterocycles. The van der Waals surface area contributed by atoms with Gasteiger partial charge in [-0.25, -0.2) is 0 Å². The number of nitrogens with zero attached hydrogens (tertiary/aromatic N) is 1. The SMILES string of the molecule is O=C(CCNC(=O)c1cccn1Cc1ccccc1)NCc1ccccc1. The van der Waals surface area contributed by atoms with Crippen molar-refractivity contribution >= 4 is 11.8 Å². The van der Waals surface area contributed by atoms with Gasteiger partial charge >= 0.3 is 0 Å². The smallest absolute Gasteiger partial charge is 0.267 e. The molecule has 0 aliphatic rings. The van der Waals surface area contributed by atoms with Crippen LogP contribution in [-0.2, 0) is 17.9 Å². The predicted octanol–water partition coefficient (Wildman–Crippen LogP) is 2.97. The molecule has 2 N–H and O–H groups in total. The van der Waals surface area contributed by atoms with Crippen LogP contribution in [0, 0.1) is 0 Å². The minimum atomic E-state index is -0.174. The minimum Gasteiger partial charge on any atom is -0.352 e. The zero-order chi connectivity index (χ0) is 18.9. The molecule has 0 fully saturated rings. The molecule has 0 aliphatic heterocycles. The van der Waals surface area contributed by atoms with Crippen LogP contribution < -0.4 is 10.6 Å². The zero-order valence-electron chi connectivity index (χ0n) is 15.1. The van der Waals surface area contributed by atoms with Gasteiger partial charge in [0, 0.05) is 32.3 Å². The van der Waals surface area contributed by atoms with Crippen LogP contribution in [0.3, 0.4) is 0 Å². The average molecular weight is 361 g/mol. The molecule has 0 bridgehead atoms. The number of rotatable bonds is 8. The minimum absolute atomic E-state index is 0.0844. The number of carbonyl (C=O) groups excluding carboxylic acids is 2. The summed E-state index contributed by atoms with van der Waals surface area (Å²) >= 11 is 0. The molecule has 27 heavy (non-hydrogen) atoms. The van der Waals surface area contributed by atoms with Crippen molar-refractivity contribution in [3.05, 3.63) is 95.8 Å². The Hall–Kier alpha value is -3.34. The zero-order valence-corrected chi connectivity index (χ0v) is 15.1. The Balaban J connectivity index is 1.44. The Kier molecular flexibility index (Phi) is 6.41. The fourth-order valence-corrected chi connectivity index (χ4v) is 2.80. The van der Waals surface area contributed by atoms with Gasteiger partial charge in [-0.1, -0.05) is 60.7 Å². The highest BCUT2D eigenvalue weighted by molar-refractivity contribution is 5.93. The maximum absolute atomic E-state index is 12.4. The summed E-state index contributed by atoms with van der Waals surface area (Å²) in [7, 11) is 0. The van der Waals surface area contributed by atoms with Gasteiger partial charge in [0.15, 0.2) is 0 Å². The first kappa shape index (κ1) is 18.5. The molecule has 0 atom stereocenters. The fourth-order valence-electron chi connectivity index (χ4n) is 2.80. The first-order valence-electron chi connectivity index (χ1n) is 9.00. The highest BCUT2D eigenvalue weighted by Gasteiger charge is 2.11. The molecule has 0 unspecified atom stereocenters. The summed E-state index contributed by atoms with van der Waals surface area (Å²) in [5.74, 6) is -0.259. The van der Waals surface area contributed by atoms with Crippen LogP contribution in [0.25, 0.3) is 0 Å². The number of nitrogens with one attached hydrogen (secondary N) is 2. The number of amides is 2. The van der Waals surface area contributed by atoms with Crippen molar-refractivity contribution in [3.8, 4) is 0 Å². The van der Waals surface area contributed by atoms with Crippen LogP contribution in [0.4, 0.5) is 0 Å². The van der Waals surface area contributed by atoms with Gasteiger partial charge in [0.1, 0.15) is 5.69 Å². The van der Waals surface area contributed by atoms with Crippen molar-refractivity contribution in [2.24, 2.45) is 0 Å². The molecule has 2 aromatic carbocycles. The van der Waals surface area contributed by atoms with E-state index in [-0.39, 0.29) is 18.2 Å². The summed E-state index contributed by atoms with van der Waals surface area (Å²) in [6.07, 6.45) is 2.13. The van der Waals surface area contributed by atoms with Crippen LogP contribution >= 0.6 is 0 Å². The van der Waals surface area contributed by atoms with Crippen molar-refractivity contribution in [1.82, 2.24) is 15.2 Å². The molecule has 3 rings (SSSR count). The van der Waals surface area contributed by atoms with Gasteiger partial charge in [-0.3, -0.25) is 9.59 Å². The molecule has 0 aliphatic carbocycles. The summed E-state index contributed by atoms with van der Waals surface area (Å²) in [6.45, 7) is 1.43. The Morgan fingerprint density at radius 3 is 2.15 bits per heavy atom. The van der Waals surface area contributed by atoms with Gasteiger partial charge in [-0.2, -0.15) is 0 Å². The number of benzene rings is 2. The number of carbonyl (C=O) groups is 2. The molecule has 138 valence electrons. The Morgan fingerprint density at radius 1 is 0.778 bits per heavy atom. The van der Waals surface area contributed by atoms with Crippen molar-refractivity contribution in [1.29, 1.82) is 0 Å². The summed E-state index contributed by atoms with van der Waals surface area (Å²) in [6, 6.07) is 23.4. The molecule has 0 spiro atoms. The van der Waals surface area contributed by atoms with Gasteiger partial charge in [0.2, 0.25) is 5.91 Å². The summed E-state index contributed by atoms with van der Waals surface area (Å²) < 4.78 is 1.90. The van der Waals surface area contributed by atoms with E-state index < -0.39 is 0 Å². The average Bonchev–Trinajstić information content (AvgIpc) is 3.16. The van der Waals surface area contributed by atoms with Gasteiger partial charge in [-0.15, -0.1) is 0 Å². The Bertz CT molecular complexity index is 873. The molecule has 5 heteroatoms. The van der Waals surface area contributed by atoms with Crippen molar-refractivity contribution in [2.45, 2.75) is 19.5 Å². The lowest BCUT2D eigenvalue weighted by Crippen LogP contribution is -2.31. The van der Waals surface area contributed by atoms with Crippen LogP contribution in [0.15, 0.2) is 79.0 Å². The van der Waals surface area contributed by atoms with E-state index in [9.17, 15) is 9.59 Å². The van der Waals surface area contributed by atoms with Crippen molar-refractivity contribution in [3.63, 3.8) is 0 Å². The van der Waals surface area contributed by atoms with Gasteiger partial charge in [0.05, 0.1) is 0 Å². The molecular weight excluding hydrogens is 338 g/mol. The first-order valence-corrected chi connectivity index (χ1v) is 9.00. The summed E-state index contributed by atoms with van der Waals surface area (Å²) in [5, 5.41) is 5.68. The summed E-state index contributed by atoms with van der Waals surface area (Å²) in [4.78, 5) is 24.3. The Labute approximate surface area is 159 Å². The lowest BCUT2D eigenvalue weighted by Gasteiger charge is -2.10. The van der Waals surface area contributed by atoms with E-state index >= 15 is 0 Å². The highest BCUT2D eigenvalue weighted by atomic mass is 16.2. The molecule has 3 aromatic rings. The monoisotopic (exact) mass is 361 g/mol. The van der Waals surface area contributed by atoms with Crippen LogP contribution in [0.1, 0.15) is 28.0 Å². The summed E-state index contributed by atoms with van der Waals surface area (Å²) in [5.41, 5.74) is 2.76. The number of hydrogen-bond donors (Lipinski definition) is 2. The molecule has 5 nitrogen and oxygen atoms in total. The predicted molar refractivity (Wildman–Crippen MR) is 105 cm³/mol. The van der Waals surface area contributed by atoms with Gasteiger partial charge in [-0.05, 0) is 23.3 Å². The van der Waals surface area contributed by atoms with E-state index in [2.05, 4.69) is 10.6 Å². The van der Waals surface area contributed by atoms with E-state index in [0.29, 0.717) is 25.3 Å². The maximum atomic E-state index is 12.4. The van der Waals surface area contributed by atoms with E-state index in [4.69, 9.17) is 0 Å². The molecule has 0 saturated carbocycles. The number of aromatic nitrogens is 1. The lowest BCUT2D eigenvalue weighted by molar-refractivity contribution is -0.121. The number of hydrogen-bond acceptors (Lipinski definition) is 2. The standard InChI is InChI=1S/C22H23N3O2/c26-21(24-16-18-8-3-1-4-9-18)13-14-23-22(27)20-12-7-15-25(20)17-19-10-5-2-6-11-19/h1-12,15H,13-14,16-17H2,(H,23,27)(H,24,26). The van der Waals surface area contributed by atoms with Crippen LogP contribution in [0.5, 0.6) is 0 Å². The second-order valence-electron chi connectivity index (χ2n) is 6.28. The van der Waals surface area contributed by atoms with Crippen molar-refractivity contribution in [2.75, 3.05) is 6.54 Å². The molecular formula is C22H23N3O2. The van der Waals surface area contributed by atoms with E-state index in [1.54, 1.807) is 6.07 Å².